The highest BCUT2D eigenvalue weighted by atomic mass is 16.5. The summed E-state index contributed by atoms with van der Waals surface area (Å²) in [5, 5.41) is 11.7. The predicted octanol–water partition coefficient (Wildman–Crippen LogP) is -1.72. The summed E-state index contributed by atoms with van der Waals surface area (Å²) in [5.41, 5.74) is -0.151. The van der Waals surface area contributed by atoms with E-state index in [0.29, 0.717) is 0 Å². The second-order valence-corrected chi connectivity index (χ2v) is 3.82. The van der Waals surface area contributed by atoms with Crippen LogP contribution in [0.3, 0.4) is 0 Å². The summed E-state index contributed by atoms with van der Waals surface area (Å²) in [6.45, 7) is -0.614. The second kappa shape index (κ2) is 8.29. The van der Waals surface area contributed by atoms with E-state index in [0.717, 1.165) is 0 Å². The number of carbonyl (C=O) groups is 4. The highest BCUT2D eigenvalue weighted by Gasteiger charge is 2.13. The Morgan fingerprint density at radius 3 is 1.50 bits per heavy atom. The Balaban J connectivity index is 2.58. The molecule has 10 nitrogen and oxygen atoms in total. The number of nitrogens with zero attached hydrogens (tertiary/aromatic N) is 2. The van der Waals surface area contributed by atoms with Gasteiger partial charge in [0.05, 0.1) is 14.2 Å². The predicted molar refractivity (Wildman–Crippen MR) is 70.7 cm³/mol. The van der Waals surface area contributed by atoms with Crippen molar-refractivity contribution < 1.29 is 28.7 Å². The van der Waals surface area contributed by atoms with Gasteiger partial charge in [0.15, 0.2) is 11.4 Å². The van der Waals surface area contributed by atoms with Crippen molar-refractivity contribution in [3.8, 4) is 0 Å². The van der Waals surface area contributed by atoms with Gasteiger partial charge in [-0.15, -0.1) is 10.2 Å². The Morgan fingerprint density at radius 2 is 1.23 bits per heavy atom. The molecule has 0 saturated carbocycles. The first-order valence-corrected chi connectivity index (χ1v) is 6.01. The largest absolute Gasteiger partial charge is 0.468 e. The van der Waals surface area contributed by atoms with Crippen LogP contribution in [-0.2, 0) is 19.1 Å². The van der Waals surface area contributed by atoms with Crippen molar-refractivity contribution in [1.82, 2.24) is 20.8 Å². The molecule has 0 aliphatic heterocycles. The van der Waals surface area contributed by atoms with E-state index in [2.05, 4.69) is 30.3 Å². The Morgan fingerprint density at radius 1 is 0.864 bits per heavy atom. The van der Waals surface area contributed by atoms with Gasteiger partial charge in [-0.2, -0.15) is 0 Å². The van der Waals surface area contributed by atoms with E-state index in [1.165, 1.54) is 26.4 Å². The zero-order valence-electron chi connectivity index (χ0n) is 11.9. The van der Waals surface area contributed by atoms with Crippen LogP contribution in [-0.4, -0.2) is 61.3 Å². The van der Waals surface area contributed by atoms with E-state index in [1.54, 1.807) is 0 Å². The molecule has 0 aromatic carbocycles. The molecule has 0 aliphatic rings. The minimum Gasteiger partial charge on any atom is -0.468 e. The minimum absolute atomic E-state index is 0.0755. The van der Waals surface area contributed by atoms with Gasteiger partial charge in [0.1, 0.15) is 13.1 Å². The zero-order valence-corrected chi connectivity index (χ0v) is 11.9. The molecule has 0 fully saturated rings. The monoisotopic (exact) mass is 310 g/mol. The summed E-state index contributed by atoms with van der Waals surface area (Å²) < 4.78 is 8.72. The first-order valence-electron chi connectivity index (χ1n) is 6.01. The van der Waals surface area contributed by atoms with Crippen LogP contribution in [0.1, 0.15) is 21.0 Å². The van der Waals surface area contributed by atoms with Crippen LogP contribution in [0, 0.1) is 0 Å². The van der Waals surface area contributed by atoms with Gasteiger partial charge in [0.25, 0.3) is 11.8 Å². The highest BCUT2D eigenvalue weighted by molar-refractivity contribution is 5.96. The smallest absolute Gasteiger partial charge is 0.325 e. The lowest BCUT2D eigenvalue weighted by Crippen LogP contribution is -2.32. The van der Waals surface area contributed by atoms with E-state index in [4.69, 9.17) is 0 Å². The molecule has 0 bridgehead atoms. The third-order valence-electron chi connectivity index (χ3n) is 2.37. The molecule has 22 heavy (non-hydrogen) atoms. The van der Waals surface area contributed by atoms with Crippen LogP contribution in [0.25, 0.3) is 0 Å². The molecule has 1 aromatic rings. The van der Waals surface area contributed by atoms with Crippen molar-refractivity contribution in [1.29, 1.82) is 0 Å². The van der Waals surface area contributed by atoms with Gasteiger partial charge in [-0.3, -0.25) is 19.2 Å². The summed E-state index contributed by atoms with van der Waals surface area (Å²) in [5.74, 6) is -2.50. The standard InChI is InChI=1S/C12H14N4O6/c1-21-9(17)5-13-11(19)7-3-4-8(16-15-7)12(20)14-6-10(18)22-2/h3-4H,5-6H2,1-2H3,(H,13,19)(H,14,20). The van der Waals surface area contributed by atoms with Gasteiger partial charge in [-0.1, -0.05) is 0 Å². The van der Waals surface area contributed by atoms with Crippen molar-refractivity contribution >= 4 is 23.8 Å². The lowest BCUT2D eigenvalue weighted by Gasteiger charge is -2.04. The number of methoxy groups -OCH3 is 2. The van der Waals surface area contributed by atoms with E-state index in [1.807, 2.05) is 0 Å². The average Bonchev–Trinajstić information content (AvgIpc) is 2.56. The fraction of sp³-hybridized carbons (Fsp3) is 0.333. The van der Waals surface area contributed by atoms with Crippen molar-refractivity contribution in [3.05, 3.63) is 23.5 Å². The molecule has 0 aliphatic carbocycles. The molecular formula is C12H14N4O6. The number of amides is 2. The van der Waals surface area contributed by atoms with Gasteiger partial charge < -0.3 is 20.1 Å². The van der Waals surface area contributed by atoms with Crippen LogP contribution in [0.4, 0.5) is 0 Å². The molecule has 0 saturated heterocycles. The van der Waals surface area contributed by atoms with E-state index in [9.17, 15) is 19.2 Å². The molecule has 0 radical (unpaired) electrons. The number of hydrogen-bond donors (Lipinski definition) is 2. The summed E-state index contributed by atoms with van der Waals surface area (Å²) >= 11 is 0. The lowest BCUT2D eigenvalue weighted by molar-refractivity contribution is -0.140. The number of hydrogen-bond acceptors (Lipinski definition) is 8. The third kappa shape index (κ3) is 5.15. The van der Waals surface area contributed by atoms with Crippen molar-refractivity contribution in [2.24, 2.45) is 0 Å². The maximum atomic E-state index is 11.6. The molecule has 118 valence electrons. The average molecular weight is 310 g/mol. The summed E-state index contributed by atoms with van der Waals surface area (Å²) in [6, 6.07) is 2.51. The molecule has 2 amide bonds. The Hall–Kier alpha value is -3.04. The number of esters is 2. The minimum atomic E-state index is -0.639. The maximum Gasteiger partial charge on any atom is 0.325 e. The summed E-state index contributed by atoms with van der Waals surface area (Å²) in [6.07, 6.45) is 0. The van der Waals surface area contributed by atoms with Crippen LogP contribution in [0.2, 0.25) is 0 Å². The Labute approximate surface area is 125 Å². The number of rotatable bonds is 6. The number of nitrogens with one attached hydrogen (secondary N) is 2. The van der Waals surface area contributed by atoms with Gasteiger partial charge in [-0.05, 0) is 12.1 Å². The van der Waals surface area contributed by atoms with E-state index in [-0.39, 0.29) is 24.5 Å². The Bertz CT molecular complexity index is 520. The summed E-state index contributed by atoms with van der Waals surface area (Å²) in [4.78, 5) is 45.0. The number of aromatic nitrogens is 2. The second-order valence-electron chi connectivity index (χ2n) is 3.82. The van der Waals surface area contributed by atoms with Crippen molar-refractivity contribution in [2.75, 3.05) is 27.3 Å². The molecule has 1 rings (SSSR count). The molecule has 0 atom stereocenters. The van der Waals surface area contributed by atoms with Crippen molar-refractivity contribution in [3.63, 3.8) is 0 Å². The van der Waals surface area contributed by atoms with Gasteiger partial charge in [0, 0.05) is 0 Å². The molecule has 10 heteroatoms. The summed E-state index contributed by atoms with van der Waals surface area (Å²) in [7, 11) is 2.38. The first kappa shape index (κ1) is 17.0. The van der Waals surface area contributed by atoms with Crippen LogP contribution >= 0.6 is 0 Å². The number of carbonyl (C=O) groups excluding carboxylic acids is 4. The topological polar surface area (TPSA) is 137 Å². The third-order valence-corrected chi connectivity index (χ3v) is 2.37. The first-order chi connectivity index (χ1) is 10.5. The molecule has 2 N–H and O–H groups in total. The SMILES string of the molecule is COC(=O)CNC(=O)c1ccc(C(=O)NCC(=O)OC)nn1. The zero-order chi connectivity index (χ0) is 16.5. The fourth-order valence-corrected chi connectivity index (χ4v) is 1.20. The molecule has 0 unspecified atom stereocenters. The maximum absolute atomic E-state index is 11.6. The molecule has 1 heterocycles. The van der Waals surface area contributed by atoms with Crippen molar-refractivity contribution in [2.45, 2.75) is 0 Å². The van der Waals surface area contributed by atoms with Gasteiger partial charge in [-0.25, -0.2) is 0 Å². The van der Waals surface area contributed by atoms with Gasteiger partial charge in [0.2, 0.25) is 0 Å². The van der Waals surface area contributed by atoms with Crippen LogP contribution < -0.4 is 10.6 Å². The fourth-order valence-electron chi connectivity index (χ4n) is 1.20. The number of ether oxygens (including phenoxy) is 2. The van der Waals surface area contributed by atoms with E-state index >= 15 is 0 Å². The molecule has 0 spiro atoms. The Kier molecular flexibility index (Phi) is 6.41. The van der Waals surface area contributed by atoms with Gasteiger partial charge >= 0.3 is 11.9 Å². The van der Waals surface area contributed by atoms with Crippen LogP contribution in [0.5, 0.6) is 0 Å². The molecular weight excluding hydrogens is 296 g/mol. The lowest BCUT2D eigenvalue weighted by atomic mass is 10.3. The highest BCUT2D eigenvalue weighted by Crippen LogP contribution is 1.97. The van der Waals surface area contributed by atoms with E-state index < -0.39 is 23.8 Å². The molecule has 1 aromatic heterocycles. The van der Waals surface area contributed by atoms with Crippen LogP contribution in [0.15, 0.2) is 12.1 Å². The normalized spacial score (nSPS) is 9.55. The quantitative estimate of drug-likeness (QED) is 0.592.